The Morgan fingerprint density at radius 1 is 1.11 bits per heavy atom. The third-order valence-electron chi connectivity index (χ3n) is 4.68. The smallest absolute Gasteiger partial charge is 0.0594 e. The zero-order chi connectivity index (χ0) is 12.8. The van der Waals surface area contributed by atoms with Crippen LogP contribution in [0.5, 0.6) is 0 Å². The van der Waals surface area contributed by atoms with Crippen LogP contribution < -0.4 is 5.32 Å². The summed E-state index contributed by atoms with van der Waals surface area (Å²) in [7, 11) is 0. The number of morpholine rings is 1. The van der Waals surface area contributed by atoms with Gasteiger partial charge in [-0.15, -0.1) is 0 Å². The molecule has 18 heavy (non-hydrogen) atoms. The van der Waals surface area contributed by atoms with E-state index in [0.29, 0.717) is 0 Å². The number of nitrogens with one attached hydrogen (secondary N) is 1. The molecular weight excluding hydrogens is 224 g/mol. The molecule has 0 amide bonds. The number of nitrogens with zero attached hydrogens (tertiary/aromatic N) is 1. The summed E-state index contributed by atoms with van der Waals surface area (Å²) in [6.45, 7) is 11.3. The van der Waals surface area contributed by atoms with E-state index in [1.807, 2.05) is 0 Å². The third-order valence-corrected chi connectivity index (χ3v) is 4.68. The topological polar surface area (TPSA) is 24.5 Å². The van der Waals surface area contributed by atoms with Crippen molar-refractivity contribution in [3.63, 3.8) is 0 Å². The van der Waals surface area contributed by atoms with Crippen molar-refractivity contribution in [2.45, 2.75) is 45.6 Å². The molecule has 2 atom stereocenters. The molecule has 2 fully saturated rings. The van der Waals surface area contributed by atoms with Gasteiger partial charge in [-0.3, -0.25) is 4.90 Å². The molecule has 0 spiro atoms. The lowest BCUT2D eigenvalue weighted by Gasteiger charge is -2.35. The van der Waals surface area contributed by atoms with Crippen LogP contribution in [0.1, 0.15) is 39.5 Å². The first kappa shape index (κ1) is 14.3. The Balaban J connectivity index is 1.59. The monoisotopic (exact) mass is 254 g/mol. The van der Waals surface area contributed by atoms with E-state index in [4.69, 9.17) is 4.74 Å². The molecule has 3 heteroatoms. The van der Waals surface area contributed by atoms with Gasteiger partial charge in [0.15, 0.2) is 0 Å². The molecule has 1 N–H and O–H groups in total. The number of hydrogen-bond acceptors (Lipinski definition) is 3. The minimum absolute atomic E-state index is 0.753. The summed E-state index contributed by atoms with van der Waals surface area (Å²) in [5, 5.41) is 3.80. The predicted octanol–water partition coefficient (Wildman–Crippen LogP) is 2.12. The van der Waals surface area contributed by atoms with Gasteiger partial charge in [0.25, 0.3) is 0 Å². The average molecular weight is 254 g/mol. The molecule has 106 valence electrons. The molecule has 1 heterocycles. The lowest BCUT2D eigenvalue weighted by molar-refractivity contribution is 0.0371. The van der Waals surface area contributed by atoms with Crippen LogP contribution in [-0.2, 0) is 4.74 Å². The van der Waals surface area contributed by atoms with Crippen molar-refractivity contribution in [3.05, 3.63) is 0 Å². The lowest BCUT2D eigenvalue weighted by atomic mass is 9.79. The van der Waals surface area contributed by atoms with E-state index < -0.39 is 0 Å². The normalized spacial score (nSPS) is 34.7. The molecule has 3 nitrogen and oxygen atoms in total. The Labute approximate surface area is 112 Å². The standard InChI is InChI=1S/C15H30N2O/c1-13-5-3-6-14(2)15(13)16-7-4-8-17-9-11-18-12-10-17/h13-16H,3-12H2,1-2H3. The van der Waals surface area contributed by atoms with E-state index in [1.54, 1.807) is 0 Å². The molecule has 0 radical (unpaired) electrons. The van der Waals surface area contributed by atoms with E-state index in [-0.39, 0.29) is 0 Å². The van der Waals surface area contributed by atoms with Crippen molar-refractivity contribution in [2.75, 3.05) is 39.4 Å². The second-order valence-corrected chi connectivity index (χ2v) is 6.17. The zero-order valence-electron chi connectivity index (χ0n) is 12.2. The van der Waals surface area contributed by atoms with Crippen LogP contribution in [0, 0.1) is 11.8 Å². The van der Waals surface area contributed by atoms with Crippen molar-refractivity contribution in [2.24, 2.45) is 11.8 Å². The van der Waals surface area contributed by atoms with Gasteiger partial charge >= 0.3 is 0 Å². The maximum absolute atomic E-state index is 5.37. The zero-order valence-corrected chi connectivity index (χ0v) is 12.2. The van der Waals surface area contributed by atoms with E-state index in [1.165, 1.54) is 38.8 Å². The summed E-state index contributed by atoms with van der Waals surface area (Å²) in [6.07, 6.45) is 5.52. The third kappa shape index (κ3) is 4.22. The summed E-state index contributed by atoms with van der Waals surface area (Å²) < 4.78 is 5.37. The van der Waals surface area contributed by atoms with Crippen molar-refractivity contribution in [3.8, 4) is 0 Å². The fourth-order valence-electron chi connectivity index (χ4n) is 3.48. The average Bonchev–Trinajstić information content (AvgIpc) is 2.38. The molecule has 0 aromatic heterocycles. The first-order chi connectivity index (χ1) is 8.77. The highest BCUT2D eigenvalue weighted by molar-refractivity contribution is 4.83. The molecule has 0 aromatic rings. The van der Waals surface area contributed by atoms with Crippen molar-refractivity contribution in [1.29, 1.82) is 0 Å². The maximum atomic E-state index is 5.37. The van der Waals surface area contributed by atoms with Crippen molar-refractivity contribution in [1.82, 2.24) is 10.2 Å². The van der Waals surface area contributed by atoms with Gasteiger partial charge in [0.1, 0.15) is 0 Å². The van der Waals surface area contributed by atoms with Gasteiger partial charge in [0.2, 0.25) is 0 Å². The van der Waals surface area contributed by atoms with Gasteiger partial charge in [0.05, 0.1) is 13.2 Å². The Kier molecular flexibility index (Phi) is 5.93. The second-order valence-electron chi connectivity index (χ2n) is 6.17. The fourth-order valence-corrected chi connectivity index (χ4v) is 3.48. The van der Waals surface area contributed by atoms with Crippen LogP contribution in [0.4, 0.5) is 0 Å². The number of rotatable bonds is 5. The van der Waals surface area contributed by atoms with E-state index in [9.17, 15) is 0 Å². The van der Waals surface area contributed by atoms with Gasteiger partial charge in [-0.1, -0.05) is 20.3 Å². The highest BCUT2D eigenvalue weighted by Crippen LogP contribution is 2.28. The van der Waals surface area contributed by atoms with Gasteiger partial charge in [-0.05, 0) is 44.2 Å². The van der Waals surface area contributed by atoms with E-state index in [2.05, 4.69) is 24.1 Å². The highest BCUT2D eigenvalue weighted by atomic mass is 16.5. The molecule has 1 saturated heterocycles. The molecule has 0 aromatic carbocycles. The first-order valence-corrected chi connectivity index (χ1v) is 7.81. The molecule has 0 bridgehead atoms. The molecule has 1 saturated carbocycles. The fraction of sp³-hybridized carbons (Fsp3) is 1.00. The predicted molar refractivity (Wildman–Crippen MR) is 75.8 cm³/mol. The molecule has 2 aliphatic rings. The Bertz CT molecular complexity index is 219. The van der Waals surface area contributed by atoms with Crippen molar-refractivity contribution < 1.29 is 4.74 Å². The summed E-state index contributed by atoms with van der Waals surface area (Å²) >= 11 is 0. The SMILES string of the molecule is CC1CCCC(C)C1NCCCN1CCOCC1. The van der Waals surface area contributed by atoms with E-state index >= 15 is 0 Å². The number of ether oxygens (including phenoxy) is 1. The van der Waals surface area contributed by atoms with Gasteiger partial charge in [0, 0.05) is 19.1 Å². The Hall–Kier alpha value is -0.120. The Morgan fingerprint density at radius 2 is 1.78 bits per heavy atom. The molecule has 1 aliphatic carbocycles. The minimum Gasteiger partial charge on any atom is -0.379 e. The Morgan fingerprint density at radius 3 is 2.44 bits per heavy atom. The number of hydrogen-bond donors (Lipinski definition) is 1. The molecular formula is C15H30N2O. The summed E-state index contributed by atoms with van der Waals surface area (Å²) in [5.41, 5.74) is 0. The summed E-state index contributed by atoms with van der Waals surface area (Å²) in [6, 6.07) is 0.753. The minimum atomic E-state index is 0.753. The lowest BCUT2D eigenvalue weighted by Crippen LogP contribution is -2.44. The first-order valence-electron chi connectivity index (χ1n) is 7.81. The van der Waals surface area contributed by atoms with Crippen LogP contribution in [0.2, 0.25) is 0 Å². The van der Waals surface area contributed by atoms with Gasteiger partial charge in [-0.25, -0.2) is 0 Å². The summed E-state index contributed by atoms with van der Waals surface area (Å²) in [5.74, 6) is 1.72. The molecule has 2 unspecified atom stereocenters. The van der Waals surface area contributed by atoms with E-state index in [0.717, 1.165) is 44.2 Å². The van der Waals surface area contributed by atoms with Crippen LogP contribution in [0.25, 0.3) is 0 Å². The van der Waals surface area contributed by atoms with Crippen molar-refractivity contribution >= 4 is 0 Å². The van der Waals surface area contributed by atoms with Gasteiger partial charge in [-0.2, -0.15) is 0 Å². The van der Waals surface area contributed by atoms with Gasteiger partial charge < -0.3 is 10.1 Å². The van der Waals surface area contributed by atoms with Crippen LogP contribution in [0.3, 0.4) is 0 Å². The van der Waals surface area contributed by atoms with Crippen LogP contribution in [-0.4, -0.2) is 50.3 Å². The maximum Gasteiger partial charge on any atom is 0.0594 e. The highest BCUT2D eigenvalue weighted by Gasteiger charge is 2.26. The second kappa shape index (κ2) is 7.46. The quantitative estimate of drug-likeness (QED) is 0.761. The largest absolute Gasteiger partial charge is 0.379 e. The van der Waals surface area contributed by atoms with Crippen LogP contribution >= 0.6 is 0 Å². The molecule has 2 rings (SSSR count). The molecule has 1 aliphatic heterocycles. The van der Waals surface area contributed by atoms with Crippen LogP contribution in [0.15, 0.2) is 0 Å². The summed E-state index contributed by atoms with van der Waals surface area (Å²) in [4.78, 5) is 2.53.